The first-order valence-corrected chi connectivity index (χ1v) is 26.3. The molecule has 31 N–H and O–H groups in total. The fourth-order valence-corrected chi connectivity index (χ4v) is 7.61. The summed E-state index contributed by atoms with van der Waals surface area (Å²) in [5.74, 6) is -8.26. The van der Waals surface area contributed by atoms with Crippen LogP contribution in [0.5, 0.6) is 0 Å². The molecule has 0 unspecified atom stereocenters. The van der Waals surface area contributed by atoms with E-state index in [1.165, 1.54) is 24.3 Å². The predicted molar refractivity (Wildman–Crippen MR) is 312 cm³/mol. The lowest BCUT2D eigenvalue weighted by Crippen LogP contribution is -2.59. The second kappa shape index (κ2) is 35.9. The largest absolute Gasteiger partial charge is 0.370 e. The van der Waals surface area contributed by atoms with Crippen molar-refractivity contribution in [1.29, 1.82) is 0 Å². The van der Waals surface area contributed by atoms with Crippen LogP contribution in [-0.2, 0) is 33.6 Å². The number of hydrogen-bond donors (Lipinski definition) is 20. The van der Waals surface area contributed by atoms with E-state index in [0.29, 0.717) is 22.3 Å². The maximum absolute atomic E-state index is 14.3. The topological polar surface area (TPSA) is 639 Å². The van der Waals surface area contributed by atoms with E-state index < -0.39 is 96.5 Å². The zero-order chi connectivity index (χ0) is 62.1. The molecular weight excluding hydrogens is 1100 g/mol. The molecule has 2 aromatic carbocycles. The Balaban J connectivity index is 1.77. The smallest absolute Gasteiger partial charge is 0.255 e. The monoisotopic (exact) mass is 1180 g/mol. The number of carbonyl (C=O) groups is 9. The lowest BCUT2D eigenvalue weighted by molar-refractivity contribution is -0.135. The summed E-state index contributed by atoms with van der Waals surface area (Å²) in [7, 11) is 0. The zero-order valence-electron chi connectivity index (χ0n) is 46.1. The average Bonchev–Trinajstić information content (AvgIpc) is 4.06. The van der Waals surface area contributed by atoms with Crippen LogP contribution in [0.1, 0.15) is 84.9 Å². The molecule has 0 bridgehead atoms. The van der Waals surface area contributed by atoms with Crippen LogP contribution in [0.15, 0.2) is 67.4 Å². The number of aliphatic imine (C=N–C) groups is 5. The van der Waals surface area contributed by atoms with Gasteiger partial charge in [-0.3, -0.25) is 68.1 Å². The lowest BCUT2D eigenvalue weighted by atomic mass is 10.0. The van der Waals surface area contributed by atoms with E-state index >= 15 is 0 Å². The Hall–Kier alpha value is -10.6. The van der Waals surface area contributed by atoms with Gasteiger partial charge in [0.2, 0.25) is 41.4 Å². The Bertz CT molecular complexity index is 2870. The Kier molecular flexibility index (Phi) is 28.9. The highest BCUT2D eigenvalue weighted by Gasteiger charge is 2.32. The molecule has 36 nitrogen and oxygen atoms in total. The molecule has 3 aromatic rings. The number of H-pyrrole nitrogens is 1. The Morgan fingerprint density at radius 3 is 1.17 bits per heavy atom. The van der Waals surface area contributed by atoms with Gasteiger partial charge in [0.1, 0.15) is 41.2 Å². The third kappa shape index (κ3) is 26.6. The van der Waals surface area contributed by atoms with Crippen LogP contribution < -0.4 is 106 Å². The number of nitrogens with two attached hydrogens (primary N) is 11. The number of hydrogen-bond acceptors (Lipinski definition) is 16. The molecule has 0 aliphatic rings. The van der Waals surface area contributed by atoms with Crippen molar-refractivity contribution in [3.63, 3.8) is 0 Å². The number of anilines is 1. The Labute approximate surface area is 481 Å². The highest BCUT2D eigenvalue weighted by molar-refractivity contribution is 6.06. The number of primary amides is 1. The van der Waals surface area contributed by atoms with Gasteiger partial charge in [-0.05, 0) is 107 Å². The molecule has 36 heteroatoms. The maximum atomic E-state index is 14.3. The SMILES string of the molecule is NC(=O)[C@H](CCCN=C(N)N)NC(=O)[C@H](CCCN=C(N)N)NC(=O)[C@H](CCCN=C(N)N)NC(=O)[C@H](CCCN=C(N)N)NC(=O)[C@H](CCCN=C(N)N)NC(=O)CNC(=O)CNC(=O)c1ccc(NC(=O)c2ccc3n[nH]nc3c2)cc1. The van der Waals surface area contributed by atoms with Crippen LogP contribution in [0.3, 0.4) is 0 Å². The zero-order valence-corrected chi connectivity index (χ0v) is 46.1. The van der Waals surface area contributed by atoms with Gasteiger partial charge in [-0.2, -0.15) is 15.4 Å². The molecule has 5 atom stereocenters. The van der Waals surface area contributed by atoms with Gasteiger partial charge in [0.25, 0.3) is 11.8 Å². The Morgan fingerprint density at radius 1 is 0.405 bits per heavy atom. The van der Waals surface area contributed by atoms with E-state index in [0.717, 1.165) is 0 Å². The van der Waals surface area contributed by atoms with Gasteiger partial charge in [-0.25, -0.2) is 0 Å². The summed E-state index contributed by atoms with van der Waals surface area (Å²) in [6.07, 6.45) is 0.303. The van der Waals surface area contributed by atoms with Crippen LogP contribution in [0.2, 0.25) is 0 Å². The minimum atomic E-state index is -1.44. The number of rotatable bonds is 37. The van der Waals surface area contributed by atoms with Gasteiger partial charge in [0, 0.05) is 49.5 Å². The van der Waals surface area contributed by atoms with Crippen LogP contribution in [0.25, 0.3) is 11.0 Å². The van der Waals surface area contributed by atoms with Gasteiger partial charge < -0.3 is 106 Å². The van der Waals surface area contributed by atoms with Gasteiger partial charge in [0.15, 0.2) is 29.8 Å². The summed E-state index contributed by atoms with van der Waals surface area (Å²) >= 11 is 0. The van der Waals surface area contributed by atoms with Gasteiger partial charge in [-0.1, -0.05) is 0 Å². The fourth-order valence-electron chi connectivity index (χ4n) is 7.61. The molecule has 9 amide bonds. The molecule has 0 saturated heterocycles. The number of aromatic nitrogens is 3. The number of guanidine groups is 5. The summed E-state index contributed by atoms with van der Waals surface area (Å²) in [6.45, 7) is -1.05. The molecular formula is C48H77N27O9. The molecule has 84 heavy (non-hydrogen) atoms. The summed E-state index contributed by atoms with van der Waals surface area (Å²) in [6, 6.07) is 3.78. The number of nitrogens with zero attached hydrogens (tertiary/aromatic N) is 7. The highest BCUT2D eigenvalue weighted by atomic mass is 16.2. The molecule has 0 saturated carbocycles. The first kappa shape index (κ1) is 67.7. The van der Waals surface area contributed by atoms with Crippen molar-refractivity contribution in [3.05, 3.63) is 53.6 Å². The summed E-state index contributed by atoms with van der Waals surface area (Å²) in [4.78, 5) is 140. The molecule has 0 fully saturated rings. The van der Waals surface area contributed by atoms with Crippen molar-refractivity contribution in [1.82, 2.24) is 52.6 Å². The number of carbonyl (C=O) groups excluding carboxylic acids is 9. The summed E-state index contributed by atoms with van der Waals surface area (Å²) < 4.78 is 0. The fraction of sp³-hybridized carbons (Fsp3) is 0.458. The standard InChI is InChI=1S/C48H77N27O9/c49-37(78)29(6-1-17-60-44(50)51)69-41(82)31(8-3-19-62-46(54)55)71-43(84)33(10-5-21-64-48(58)59)72-42(83)32(9-4-20-63-47(56)57)70-40(81)30(7-2-18-61-45(52)53)68-36(77)24-65-35(76)23-66-38(79)25-11-14-27(15-12-25)67-39(80)26-13-16-28-34(22-26)74-75-73-28/h11-16,22,29-33H,1-10,17-21,23-24H2,(H2,49,78)(H,65,76)(H,66,79)(H,67,80)(H,68,77)(H,69,82)(H,70,81)(H,71,84)(H,72,83)(H4,50,51,60)(H4,52,53,61)(H4,54,55,62)(H4,56,57,63)(H4,58,59,64)(H,73,74,75)/t29-,30-,31-,32-,33-/m0/s1. The van der Waals surface area contributed by atoms with Crippen molar-refractivity contribution >= 4 is 99.7 Å². The van der Waals surface area contributed by atoms with Crippen molar-refractivity contribution in [2.75, 3.05) is 51.1 Å². The molecule has 1 heterocycles. The van der Waals surface area contributed by atoms with E-state index in [9.17, 15) is 43.2 Å². The molecule has 0 aliphatic heterocycles. The maximum Gasteiger partial charge on any atom is 0.255 e. The first-order chi connectivity index (χ1) is 39.9. The molecule has 458 valence electrons. The van der Waals surface area contributed by atoms with E-state index in [2.05, 4.69) is 82.9 Å². The van der Waals surface area contributed by atoms with Crippen LogP contribution in [-0.4, -0.2) is 174 Å². The normalized spacial score (nSPS) is 12.4. The van der Waals surface area contributed by atoms with Crippen molar-refractivity contribution in [3.8, 4) is 0 Å². The number of nitrogens with one attached hydrogen (secondary N) is 9. The van der Waals surface area contributed by atoms with Crippen LogP contribution in [0, 0.1) is 0 Å². The second-order valence-electron chi connectivity index (χ2n) is 18.5. The van der Waals surface area contributed by atoms with E-state index in [1.807, 2.05) is 0 Å². The molecule has 1 aromatic heterocycles. The highest BCUT2D eigenvalue weighted by Crippen LogP contribution is 2.15. The van der Waals surface area contributed by atoms with Crippen LogP contribution in [0.4, 0.5) is 5.69 Å². The van der Waals surface area contributed by atoms with Crippen molar-refractivity contribution < 1.29 is 43.2 Å². The molecule has 3 rings (SSSR count). The van der Waals surface area contributed by atoms with Gasteiger partial charge >= 0.3 is 0 Å². The number of benzene rings is 2. The quantitative estimate of drug-likeness (QED) is 0.0145. The minimum Gasteiger partial charge on any atom is -0.370 e. The summed E-state index contributed by atoms with van der Waals surface area (Å²) in [5, 5.41) is 30.8. The van der Waals surface area contributed by atoms with Gasteiger partial charge in [-0.15, -0.1) is 0 Å². The molecule has 0 aliphatic carbocycles. The average molecular weight is 1180 g/mol. The van der Waals surface area contributed by atoms with Crippen molar-refractivity contribution in [2.45, 2.75) is 94.4 Å². The van der Waals surface area contributed by atoms with E-state index in [4.69, 9.17) is 63.1 Å². The number of amides is 9. The Morgan fingerprint density at radius 2 is 0.762 bits per heavy atom. The summed E-state index contributed by atoms with van der Waals surface area (Å²) in [5.41, 5.74) is 62.3. The molecule has 0 radical (unpaired) electrons. The third-order valence-electron chi connectivity index (χ3n) is 11.8. The predicted octanol–water partition coefficient (Wildman–Crippen LogP) is -7.77. The van der Waals surface area contributed by atoms with E-state index in [1.54, 1.807) is 18.2 Å². The third-order valence-corrected chi connectivity index (χ3v) is 11.8. The van der Waals surface area contributed by atoms with Crippen molar-refractivity contribution in [2.24, 2.45) is 88.0 Å². The molecule has 0 spiro atoms. The second-order valence-corrected chi connectivity index (χ2v) is 18.5. The van der Waals surface area contributed by atoms with Crippen LogP contribution >= 0.6 is 0 Å². The lowest BCUT2D eigenvalue weighted by Gasteiger charge is -2.27. The minimum absolute atomic E-state index is 0.00303. The van der Waals surface area contributed by atoms with Gasteiger partial charge in [0.05, 0.1) is 13.1 Å². The first-order valence-electron chi connectivity index (χ1n) is 26.3. The van der Waals surface area contributed by atoms with E-state index in [-0.39, 0.29) is 132 Å². The number of fused-ring (bicyclic) bond motifs is 1. The number of aromatic amines is 1.